The van der Waals surface area contributed by atoms with Gasteiger partial charge in [-0.3, -0.25) is 4.79 Å². The average Bonchev–Trinajstić information content (AvgIpc) is 3.36. The fourth-order valence-electron chi connectivity index (χ4n) is 6.23. The number of benzene rings is 2. The molecule has 2 fully saturated rings. The molecule has 5 rings (SSSR count). The number of fused-ring (bicyclic) bond motifs is 4. The summed E-state index contributed by atoms with van der Waals surface area (Å²) >= 11 is 0. The third-order valence-electron chi connectivity index (χ3n) is 8.03. The zero-order valence-electron chi connectivity index (χ0n) is 19.9. The molecule has 1 unspecified atom stereocenters. The second-order valence-corrected chi connectivity index (χ2v) is 10.1. The molecule has 7 heteroatoms. The Morgan fingerprint density at radius 1 is 1.00 bits per heavy atom. The predicted molar refractivity (Wildman–Crippen MR) is 131 cm³/mol. The number of alkyl carbamates (subject to hydrolysis) is 1. The first kappa shape index (κ1) is 23.4. The average molecular weight is 477 g/mol. The second-order valence-electron chi connectivity index (χ2n) is 10.1. The van der Waals surface area contributed by atoms with Gasteiger partial charge in [0.15, 0.2) is 0 Å². The highest BCUT2D eigenvalue weighted by atomic mass is 16.5. The van der Waals surface area contributed by atoms with Crippen LogP contribution >= 0.6 is 0 Å². The van der Waals surface area contributed by atoms with Crippen molar-refractivity contribution < 1.29 is 24.2 Å². The third kappa shape index (κ3) is 4.51. The summed E-state index contributed by atoms with van der Waals surface area (Å²) in [6.07, 6.45) is 2.94. The molecule has 0 aliphatic heterocycles. The summed E-state index contributed by atoms with van der Waals surface area (Å²) in [5.74, 6) is -0.721. The van der Waals surface area contributed by atoms with Crippen LogP contribution in [0.15, 0.2) is 48.5 Å². The lowest BCUT2D eigenvalue weighted by Gasteiger charge is -2.40. The third-order valence-corrected chi connectivity index (χ3v) is 8.03. The molecule has 0 saturated heterocycles. The van der Waals surface area contributed by atoms with Gasteiger partial charge in [-0.25, -0.2) is 9.59 Å². The monoisotopic (exact) mass is 476 g/mol. The summed E-state index contributed by atoms with van der Waals surface area (Å²) in [7, 11) is 0. The van der Waals surface area contributed by atoms with Crippen molar-refractivity contribution in [1.29, 1.82) is 0 Å². The predicted octanol–water partition coefficient (Wildman–Crippen LogP) is 4.31. The van der Waals surface area contributed by atoms with E-state index < -0.39 is 18.1 Å². The lowest BCUT2D eigenvalue weighted by Crippen LogP contribution is -2.50. The zero-order chi connectivity index (χ0) is 24.5. The highest BCUT2D eigenvalue weighted by molar-refractivity contribution is 5.85. The molecule has 0 radical (unpaired) electrons. The Morgan fingerprint density at radius 3 is 2.29 bits per heavy atom. The van der Waals surface area contributed by atoms with Crippen LogP contribution < -0.4 is 10.6 Å². The Kier molecular flexibility index (Phi) is 6.50. The molecule has 7 nitrogen and oxygen atoms in total. The van der Waals surface area contributed by atoms with Gasteiger partial charge >= 0.3 is 12.1 Å². The summed E-state index contributed by atoms with van der Waals surface area (Å²) in [6.45, 7) is 2.18. The van der Waals surface area contributed by atoms with Crippen molar-refractivity contribution in [3.8, 4) is 11.1 Å². The summed E-state index contributed by atoms with van der Waals surface area (Å²) < 4.78 is 5.68. The fraction of sp³-hybridized carbons (Fsp3) is 0.464. The summed E-state index contributed by atoms with van der Waals surface area (Å²) in [6, 6.07) is 15.7. The van der Waals surface area contributed by atoms with Crippen LogP contribution in [0.3, 0.4) is 0 Å². The highest BCUT2D eigenvalue weighted by Crippen LogP contribution is 2.50. The number of amides is 2. The molecule has 2 saturated carbocycles. The van der Waals surface area contributed by atoms with Crippen molar-refractivity contribution in [3.63, 3.8) is 0 Å². The van der Waals surface area contributed by atoms with E-state index in [2.05, 4.69) is 34.9 Å². The van der Waals surface area contributed by atoms with Crippen LogP contribution in [0.1, 0.15) is 56.1 Å². The molecular weight excluding hydrogens is 444 g/mol. The molecule has 184 valence electrons. The molecule has 2 aromatic carbocycles. The first-order valence-corrected chi connectivity index (χ1v) is 12.6. The number of carbonyl (C=O) groups excluding carboxylic acids is 2. The van der Waals surface area contributed by atoms with Crippen molar-refractivity contribution in [3.05, 3.63) is 59.7 Å². The maximum atomic E-state index is 12.6. The molecule has 0 heterocycles. The van der Waals surface area contributed by atoms with Gasteiger partial charge in [0.1, 0.15) is 12.6 Å². The highest BCUT2D eigenvalue weighted by Gasteiger charge is 2.50. The Bertz CT molecular complexity index is 1090. The van der Waals surface area contributed by atoms with E-state index in [0.29, 0.717) is 25.2 Å². The Morgan fingerprint density at radius 2 is 1.66 bits per heavy atom. The number of aliphatic carboxylic acids is 1. The fourth-order valence-corrected chi connectivity index (χ4v) is 6.23. The van der Waals surface area contributed by atoms with Crippen molar-refractivity contribution >= 4 is 18.0 Å². The number of carboxylic acids is 1. The summed E-state index contributed by atoms with van der Waals surface area (Å²) in [4.78, 5) is 36.7. The molecule has 2 aromatic rings. The van der Waals surface area contributed by atoms with Gasteiger partial charge in [0.2, 0.25) is 5.91 Å². The van der Waals surface area contributed by atoms with Crippen molar-refractivity contribution in [2.75, 3.05) is 6.61 Å². The van der Waals surface area contributed by atoms with E-state index in [1.807, 2.05) is 31.2 Å². The van der Waals surface area contributed by atoms with Crippen molar-refractivity contribution in [2.45, 2.75) is 57.0 Å². The first-order valence-electron chi connectivity index (χ1n) is 12.6. The number of hydrogen-bond acceptors (Lipinski definition) is 4. The SMILES string of the molecule is CCC[C@H](NC(=O)C1C[C@@H]2C[C@H](NC(=O)OCC3c4ccccc4-c4ccccc43)[C@@H]2C1)C(=O)O. The van der Waals surface area contributed by atoms with Crippen LogP contribution in [0.2, 0.25) is 0 Å². The number of hydrogen-bond donors (Lipinski definition) is 3. The van der Waals surface area contributed by atoms with E-state index in [4.69, 9.17) is 4.74 Å². The lowest BCUT2D eigenvalue weighted by atomic mass is 9.71. The Balaban J connectivity index is 1.13. The minimum absolute atomic E-state index is 0.000590. The van der Waals surface area contributed by atoms with Gasteiger partial charge in [-0.1, -0.05) is 61.9 Å². The van der Waals surface area contributed by atoms with Crippen molar-refractivity contribution in [2.24, 2.45) is 17.8 Å². The number of nitrogens with one attached hydrogen (secondary N) is 2. The van der Waals surface area contributed by atoms with E-state index >= 15 is 0 Å². The van der Waals surface area contributed by atoms with E-state index in [-0.39, 0.29) is 36.3 Å². The molecule has 35 heavy (non-hydrogen) atoms. The molecule has 2 amide bonds. The molecule has 3 aliphatic rings. The van der Waals surface area contributed by atoms with E-state index in [1.165, 1.54) is 22.3 Å². The number of ether oxygens (including phenoxy) is 1. The molecule has 0 aromatic heterocycles. The van der Waals surface area contributed by atoms with Crippen LogP contribution in [0.25, 0.3) is 11.1 Å². The van der Waals surface area contributed by atoms with E-state index in [1.54, 1.807) is 0 Å². The first-order chi connectivity index (χ1) is 17.0. The van der Waals surface area contributed by atoms with Crippen molar-refractivity contribution in [1.82, 2.24) is 10.6 Å². The maximum absolute atomic E-state index is 12.6. The molecular formula is C28H32N2O5. The van der Waals surface area contributed by atoms with Gasteiger partial charge in [0.05, 0.1) is 0 Å². The van der Waals surface area contributed by atoms with Gasteiger partial charge in [-0.2, -0.15) is 0 Å². The second kappa shape index (κ2) is 9.72. The lowest BCUT2D eigenvalue weighted by molar-refractivity contribution is -0.142. The largest absolute Gasteiger partial charge is 0.480 e. The minimum Gasteiger partial charge on any atom is -0.480 e. The van der Waals surface area contributed by atoms with Gasteiger partial charge < -0.3 is 20.5 Å². The van der Waals surface area contributed by atoms with E-state index in [9.17, 15) is 19.5 Å². The summed E-state index contributed by atoms with van der Waals surface area (Å²) in [5.41, 5.74) is 4.74. The van der Waals surface area contributed by atoms with Gasteiger partial charge in [-0.05, 0) is 59.8 Å². The van der Waals surface area contributed by atoms with E-state index in [0.717, 1.165) is 12.8 Å². The van der Waals surface area contributed by atoms with Crippen LogP contribution in [-0.4, -0.2) is 41.8 Å². The summed E-state index contributed by atoms with van der Waals surface area (Å²) in [5, 5.41) is 15.0. The maximum Gasteiger partial charge on any atom is 0.407 e. The quantitative estimate of drug-likeness (QED) is 0.527. The van der Waals surface area contributed by atoms with Crippen LogP contribution in [-0.2, 0) is 14.3 Å². The number of carbonyl (C=O) groups is 3. The van der Waals surface area contributed by atoms with Gasteiger partial charge in [0, 0.05) is 17.9 Å². The van der Waals surface area contributed by atoms with Crippen LogP contribution in [0.5, 0.6) is 0 Å². The Labute approximate surface area is 205 Å². The molecule has 3 aliphatic carbocycles. The molecule has 5 atom stereocenters. The molecule has 3 N–H and O–H groups in total. The van der Waals surface area contributed by atoms with Crippen LogP contribution in [0.4, 0.5) is 4.79 Å². The number of carboxylic acid groups (broad SMARTS) is 1. The molecule has 0 spiro atoms. The van der Waals surface area contributed by atoms with Crippen LogP contribution in [0, 0.1) is 17.8 Å². The van der Waals surface area contributed by atoms with Gasteiger partial charge in [0.25, 0.3) is 0 Å². The standard InChI is InChI=1S/C28H32N2O5/c1-2-7-24(27(32)33)29-26(31)17-12-16-14-25(22(16)13-17)30-28(34)35-15-23-20-10-5-3-8-18(20)19-9-4-6-11-21(19)23/h3-6,8-11,16-17,22-25H,2,7,12-15H2,1H3,(H,29,31)(H,30,34)(H,32,33)/t16-,17?,22-,24+,25+/m1/s1. The smallest absolute Gasteiger partial charge is 0.407 e. The number of rotatable bonds is 8. The minimum atomic E-state index is -0.990. The Hall–Kier alpha value is -3.35. The van der Waals surface area contributed by atoms with Gasteiger partial charge in [-0.15, -0.1) is 0 Å². The normalized spacial score (nSPS) is 24.9. The zero-order valence-corrected chi connectivity index (χ0v) is 19.9. The topological polar surface area (TPSA) is 105 Å². The molecule has 0 bridgehead atoms.